The van der Waals surface area contributed by atoms with Gasteiger partial charge in [-0.15, -0.1) is 0 Å². The number of ether oxygens (including phenoxy) is 1. The largest absolute Gasteiger partial charge is 0.506 e. The molecule has 0 aliphatic carbocycles. The third-order valence-corrected chi connectivity index (χ3v) is 0.994. The lowest BCUT2D eigenvalue weighted by molar-refractivity contribution is -0.424. The first-order valence-electron chi connectivity index (χ1n) is 3.22. The number of carbonyl (C=O) groups excluding carboxylic acids is 1. The molecule has 0 spiro atoms. The molecule has 0 aliphatic heterocycles. The normalized spacial score (nSPS) is 11.8. The van der Waals surface area contributed by atoms with Crippen LogP contribution in [-0.4, -0.2) is 22.6 Å². The Balaban J connectivity index is 4.67. The van der Waals surface area contributed by atoms with Crippen LogP contribution in [0.1, 0.15) is 13.8 Å². The van der Waals surface area contributed by atoms with Gasteiger partial charge in [-0.3, -0.25) is 10.1 Å². The molecular formula is C6H9NO5. The molecule has 0 atom stereocenters. The molecule has 0 saturated heterocycles. The minimum Gasteiger partial charge on any atom is -0.506 e. The van der Waals surface area contributed by atoms with E-state index in [0.717, 1.165) is 6.92 Å². The molecule has 0 aromatic carbocycles. The summed E-state index contributed by atoms with van der Waals surface area (Å²) in [6, 6.07) is 0. The highest BCUT2D eigenvalue weighted by molar-refractivity contribution is 5.86. The van der Waals surface area contributed by atoms with Crippen LogP contribution >= 0.6 is 0 Å². The average molecular weight is 175 g/mol. The van der Waals surface area contributed by atoms with E-state index in [0.29, 0.717) is 0 Å². The van der Waals surface area contributed by atoms with E-state index < -0.39 is 22.3 Å². The first-order chi connectivity index (χ1) is 5.50. The summed E-state index contributed by atoms with van der Waals surface area (Å²) in [7, 11) is 0. The van der Waals surface area contributed by atoms with Crippen LogP contribution < -0.4 is 0 Å². The smallest absolute Gasteiger partial charge is 0.413 e. The summed E-state index contributed by atoms with van der Waals surface area (Å²) in [6.07, 6.45) is 0. The first kappa shape index (κ1) is 10.4. The molecule has 0 unspecified atom stereocenters. The van der Waals surface area contributed by atoms with Gasteiger partial charge >= 0.3 is 11.7 Å². The summed E-state index contributed by atoms with van der Waals surface area (Å²) in [5.41, 5.74) is -0.920. The highest BCUT2D eigenvalue weighted by Gasteiger charge is 2.26. The van der Waals surface area contributed by atoms with Crippen LogP contribution in [0.25, 0.3) is 0 Å². The molecular weight excluding hydrogens is 166 g/mol. The topological polar surface area (TPSA) is 89.7 Å². The highest BCUT2D eigenvalue weighted by atomic mass is 16.6. The van der Waals surface area contributed by atoms with Crippen molar-refractivity contribution >= 4 is 5.97 Å². The summed E-state index contributed by atoms with van der Waals surface area (Å²) in [5, 5.41) is 18.9. The molecule has 6 nitrogen and oxygen atoms in total. The Morgan fingerprint density at radius 3 is 2.42 bits per heavy atom. The van der Waals surface area contributed by atoms with Crippen LogP contribution in [-0.2, 0) is 9.53 Å². The molecule has 0 fully saturated rings. The van der Waals surface area contributed by atoms with Gasteiger partial charge in [0.2, 0.25) is 0 Å². The molecule has 0 aromatic rings. The Hall–Kier alpha value is -1.59. The Labute approximate surface area is 68.6 Å². The standard InChI is InChI=1S/C6H9NO5/c1-3-12-6(9)5(4(2)8)7(10)11/h8H,3H2,1-2H3/b5-4-. The van der Waals surface area contributed by atoms with E-state index in [9.17, 15) is 14.9 Å². The maximum atomic E-state index is 10.7. The van der Waals surface area contributed by atoms with Gasteiger partial charge in [-0.2, -0.15) is 0 Å². The van der Waals surface area contributed by atoms with Crippen molar-refractivity contribution in [1.29, 1.82) is 0 Å². The molecule has 1 N–H and O–H groups in total. The van der Waals surface area contributed by atoms with Gasteiger partial charge in [0.1, 0.15) is 0 Å². The molecule has 0 saturated carbocycles. The molecule has 6 heteroatoms. The van der Waals surface area contributed by atoms with E-state index >= 15 is 0 Å². The van der Waals surface area contributed by atoms with Gasteiger partial charge in [-0.05, 0) is 6.92 Å². The lowest BCUT2D eigenvalue weighted by Crippen LogP contribution is -2.16. The van der Waals surface area contributed by atoms with Crippen molar-refractivity contribution in [3.63, 3.8) is 0 Å². The van der Waals surface area contributed by atoms with Crippen LogP contribution in [0.15, 0.2) is 11.5 Å². The van der Waals surface area contributed by atoms with Gasteiger partial charge in [0.05, 0.1) is 11.5 Å². The van der Waals surface area contributed by atoms with Gasteiger partial charge in [0.15, 0.2) is 5.76 Å². The van der Waals surface area contributed by atoms with Gasteiger partial charge in [-0.25, -0.2) is 4.79 Å². The van der Waals surface area contributed by atoms with Crippen LogP contribution in [0.3, 0.4) is 0 Å². The van der Waals surface area contributed by atoms with Crippen LogP contribution in [0.2, 0.25) is 0 Å². The zero-order valence-corrected chi connectivity index (χ0v) is 6.73. The number of aliphatic hydroxyl groups is 1. The van der Waals surface area contributed by atoms with E-state index in [-0.39, 0.29) is 6.61 Å². The molecule has 0 amide bonds. The fourth-order valence-electron chi connectivity index (χ4n) is 0.554. The summed E-state index contributed by atoms with van der Waals surface area (Å²) < 4.78 is 4.33. The predicted octanol–water partition coefficient (Wildman–Crippen LogP) is 0.616. The molecule has 0 radical (unpaired) electrons. The monoisotopic (exact) mass is 175 g/mol. The third-order valence-electron chi connectivity index (χ3n) is 0.994. The zero-order valence-electron chi connectivity index (χ0n) is 6.73. The van der Waals surface area contributed by atoms with Gasteiger partial charge in [-0.1, -0.05) is 0 Å². The van der Waals surface area contributed by atoms with Gasteiger partial charge in [0, 0.05) is 6.92 Å². The number of allylic oxidation sites excluding steroid dienone is 1. The Morgan fingerprint density at radius 1 is 1.67 bits per heavy atom. The van der Waals surface area contributed by atoms with E-state index in [4.69, 9.17) is 5.11 Å². The summed E-state index contributed by atoms with van der Waals surface area (Å²) in [4.78, 5) is 19.9. The number of nitrogens with zero attached hydrogens (tertiary/aromatic N) is 1. The molecule has 0 aliphatic rings. The summed E-state index contributed by atoms with van der Waals surface area (Å²) in [6.45, 7) is 2.60. The van der Waals surface area contributed by atoms with E-state index in [2.05, 4.69) is 4.74 Å². The quantitative estimate of drug-likeness (QED) is 0.223. The lowest BCUT2D eigenvalue weighted by Gasteiger charge is -1.98. The van der Waals surface area contributed by atoms with Gasteiger partial charge in [0.25, 0.3) is 0 Å². The maximum Gasteiger partial charge on any atom is 0.413 e. The second-order valence-corrected chi connectivity index (χ2v) is 1.91. The second kappa shape index (κ2) is 4.32. The number of nitro groups is 1. The Bertz CT molecular complexity index is 228. The molecule has 0 rings (SSSR count). The van der Waals surface area contributed by atoms with Gasteiger partial charge < -0.3 is 9.84 Å². The van der Waals surface area contributed by atoms with Crippen molar-refractivity contribution in [2.45, 2.75) is 13.8 Å². The molecule has 0 bridgehead atoms. The van der Waals surface area contributed by atoms with E-state index in [1.807, 2.05) is 0 Å². The van der Waals surface area contributed by atoms with Crippen LogP contribution in [0.5, 0.6) is 0 Å². The minimum atomic E-state index is -1.12. The predicted molar refractivity (Wildman–Crippen MR) is 39.0 cm³/mol. The fourth-order valence-corrected chi connectivity index (χ4v) is 0.554. The molecule has 68 valence electrons. The summed E-state index contributed by atoms with van der Waals surface area (Å²) in [5.74, 6) is -1.78. The number of hydrogen-bond acceptors (Lipinski definition) is 5. The highest BCUT2D eigenvalue weighted by Crippen LogP contribution is 2.03. The SMILES string of the molecule is CCOC(=O)/C(=C(\C)O)[N+](=O)[O-]. The molecule has 0 aromatic heterocycles. The molecule has 0 heterocycles. The Kier molecular flexibility index (Phi) is 3.75. The first-order valence-corrected chi connectivity index (χ1v) is 3.22. The lowest BCUT2D eigenvalue weighted by atomic mass is 10.4. The minimum absolute atomic E-state index is 0.0312. The van der Waals surface area contributed by atoms with E-state index in [1.54, 1.807) is 0 Å². The fraction of sp³-hybridized carbons (Fsp3) is 0.500. The van der Waals surface area contributed by atoms with Crippen LogP contribution in [0, 0.1) is 10.1 Å². The van der Waals surface area contributed by atoms with Crippen LogP contribution in [0.4, 0.5) is 0 Å². The van der Waals surface area contributed by atoms with Crippen molar-refractivity contribution in [2.24, 2.45) is 0 Å². The third kappa shape index (κ3) is 2.57. The summed E-state index contributed by atoms with van der Waals surface area (Å²) >= 11 is 0. The maximum absolute atomic E-state index is 10.7. The van der Waals surface area contributed by atoms with Crippen molar-refractivity contribution in [2.75, 3.05) is 6.61 Å². The number of hydrogen-bond donors (Lipinski definition) is 1. The van der Waals surface area contributed by atoms with Crippen molar-refractivity contribution < 1.29 is 19.6 Å². The number of rotatable bonds is 3. The number of esters is 1. The van der Waals surface area contributed by atoms with E-state index in [1.165, 1.54) is 6.92 Å². The van der Waals surface area contributed by atoms with Crippen molar-refractivity contribution in [1.82, 2.24) is 0 Å². The zero-order chi connectivity index (χ0) is 9.72. The number of carbonyl (C=O) groups is 1. The van der Waals surface area contributed by atoms with Crippen molar-refractivity contribution in [3.8, 4) is 0 Å². The average Bonchev–Trinajstić information content (AvgIpc) is 1.85. The molecule has 12 heavy (non-hydrogen) atoms. The Morgan fingerprint density at radius 2 is 2.17 bits per heavy atom. The second-order valence-electron chi connectivity index (χ2n) is 1.91. The van der Waals surface area contributed by atoms with Crippen molar-refractivity contribution in [3.05, 3.63) is 21.6 Å². The number of aliphatic hydroxyl groups excluding tert-OH is 1.